The monoisotopic (exact) mass is 332 g/mol. The van der Waals surface area contributed by atoms with Gasteiger partial charge in [-0.1, -0.05) is 6.92 Å². The summed E-state index contributed by atoms with van der Waals surface area (Å²) in [4.78, 5) is 16.2. The standard InChI is InChI=1S/C14H28N4O3S/c1-13-3-6-16(7-4-13)8-5-15-14(19)17-9-11-18(12-10-17)22(2,20)21/h13H,3-12H2,1-2H3,(H,15,19). The van der Waals surface area contributed by atoms with Crippen LogP contribution in [0, 0.1) is 5.92 Å². The maximum Gasteiger partial charge on any atom is 0.317 e. The smallest absolute Gasteiger partial charge is 0.317 e. The highest BCUT2D eigenvalue weighted by molar-refractivity contribution is 7.88. The number of hydrogen-bond donors (Lipinski definition) is 1. The number of nitrogens with one attached hydrogen (secondary N) is 1. The largest absolute Gasteiger partial charge is 0.337 e. The molecular formula is C14H28N4O3S. The number of likely N-dealkylation sites (tertiary alicyclic amines) is 1. The van der Waals surface area contributed by atoms with Gasteiger partial charge in [-0.15, -0.1) is 0 Å². The molecule has 128 valence electrons. The van der Waals surface area contributed by atoms with E-state index in [2.05, 4.69) is 17.1 Å². The van der Waals surface area contributed by atoms with Crippen molar-refractivity contribution in [1.29, 1.82) is 0 Å². The third-order valence-electron chi connectivity index (χ3n) is 4.58. The lowest BCUT2D eigenvalue weighted by Crippen LogP contribution is -2.53. The summed E-state index contributed by atoms with van der Waals surface area (Å²) in [5.74, 6) is 0.817. The van der Waals surface area contributed by atoms with Gasteiger partial charge in [0.05, 0.1) is 6.26 Å². The second kappa shape index (κ2) is 7.61. The molecule has 2 fully saturated rings. The molecule has 2 rings (SSSR count). The molecule has 22 heavy (non-hydrogen) atoms. The Balaban J connectivity index is 1.64. The van der Waals surface area contributed by atoms with Crippen LogP contribution in [0.15, 0.2) is 0 Å². The number of amides is 2. The predicted octanol–water partition coefficient (Wildman–Crippen LogP) is 0.00510. The van der Waals surface area contributed by atoms with Crippen LogP contribution in [0.3, 0.4) is 0 Å². The van der Waals surface area contributed by atoms with Gasteiger partial charge >= 0.3 is 6.03 Å². The van der Waals surface area contributed by atoms with Gasteiger partial charge in [0.1, 0.15) is 0 Å². The lowest BCUT2D eigenvalue weighted by Gasteiger charge is -2.34. The average molecular weight is 332 g/mol. The Kier molecular flexibility index (Phi) is 6.05. The van der Waals surface area contributed by atoms with Gasteiger partial charge in [-0.2, -0.15) is 4.31 Å². The fourth-order valence-electron chi connectivity index (χ4n) is 2.94. The maximum absolute atomic E-state index is 12.1. The molecule has 0 spiro atoms. The first kappa shape index (κ1) is 17.5. The summed E-state index contributed by atoms with van der Waals surface area (Å²) < 4.78 is 24.3. The van der Waals surface area contributed by atoms with E-state index in [1.165, 1.54) is 23.4 Å². The average Bonchev–Trinajstić information content (AvgIpc) is 2.48. The minimum absolute atomic E-state index is 0.0847. The molecule has 0 saturated carbocycles. The van der Waals surface area contributed by atoms with Crippen molar-refractivity contribution < 1.29 is 13.2 Å². The zero-order chi connectivity index (χ0) is 16.2. The van der Waals surface area contributed by atoms with E-state index in [0.29, 0.717) is 32.7 Å². The Morgan fingerprint density at radius 2 is 1.68 bits per heavy atom. The van der Waals surface area contributed by atoms with Crippen LogP contribution in [0.5, 0.6) is 0 Å². The normalized spacial score (nSPS) is 22.7. The van der Waals surface area contributed by atoms with E-state index < -0.39 is 10.0 Å². The van der Waals surface area contributed by atoms with Crippen molar-refractivity contribution in [3.05, 3.63) is 0 Å². The summed E-state index contributed by atoms with van der Waals surface area (Å²) in [5.41, 5.74) is 0. The number of sulfonamides is 1. The number of hydrogen-bond acceptors (Lipinski definition) is 4. The van der Waals surface area contributed by atoms with E-state index in [1.54, 1.807) is 4.90 Å². The van der Waals surface area contributed by atoms with Crippen molar-refractivity contribution in [3.63, 3.8) is 0 Å². The molecule has 2 aliphatic rings. The Morgan fingerprint density at radius 3 is 2.23 bits per heavy atom. The lowest BCUT2D eigenvalue weighted by atomic mass is 9.99. The molecule has 0 radical (unpaired) electrons. The van der Waals surface area contributed by atoms with Crippen LogP contribution in [-0.4, -0.2) is 87.2 Å². The van der Waals surface area contributed by atoms with Crippen LogP contribution in [0.25, 0.3) is 0 Å². The van der Waals surface area contributed by atoms with Gasteiger partial charge in [-0.05, 0) is 31.8 Å². The van der Waals surface area contributed by atoms with E-state index in [0.717, 1.165) is 25.6 Å². The molecule has 2 aliphatic heterocycles. The first-order valence-corrected chi connectivity index (χ1v) is 9.91. The lowest BCUT2D eigenvalue weighted by molar-refractivity contribution is 0.166. The fraction of sp³-hybridized carbons (Fsp3) is 0.929. The molecule has 2 amide bonds. The zero-order valence-electron chi connectivity index (χ0n) is 13.6. The summed E-state index contributed by atoms with van der Waals surface area (Å²) in [5, 5.41) is 2.94. The zero-order valence-corrected chi connectivity index (χ0v) is 14.4. The van der Waals surface area contributed by atoms with E-state index in [-0.39, 0.29) is 6.03 Å². The number of piperidine rings is 1. The van der Waals surface area contributed by atoms with Crippen LogP contribution in [0.4, 0.5) is 4.79 Å². The van der Waals surface area contributed by atoms with Crippen molar-refractivity contribution in [2.75, 3.05) is 58.6 Å². The van der Waals surface area contributed by atoms with Crippen molar-refractivity contribution in [2.45, 2.75) is 19.8 Å². The molecule has 1 N–H and O–H groups in total. The Hall–Kier alpha value is -0.860. The summed E-state index contributed by atoms with van der Waals surface area (Å²) in [6.07, 6.45) is 3.69. The van der Waals surface area contributed by atoms with Crippen molar-refractivity contribution in [2.24, 2.45) is 5.92 Å². The van der Waals surface area contributed by atoms with Gasteiger partial charge in [0.25, 0.3) is 0 Å². The van der Waals surface area contributed by atoms with Crippen LogP contribution in [-0.2, 0) is 10.0 Å². The minimum Gasteiger partial charge on any atom is -0.337 e. The number of urea groups is 1. The first-order valence-electron chi connectivity index (χ1n) is 8.06. The molecule has 0 aromatic heterocycles. The molecule has 2 heterocycles. The third kappa shape index (κ3) is 5.10. The maximum atomic E-state index is 12.1. The number of rotatable bonds is 4. The Labute approximate surface area is 133 Å². The van der Waals surface area contributed by atoms with E-state index in [1.807, 2.05) is 0 Å². The minimum atomic E-state index is -3.14. The summed E-state index contributed by atoms with van der Waals surface area (Å²) in [6.45, 7) is 7.75. The highest BCUT2D eigenvalue weighted by Gasteiger charge is 2.25. The number of piperazine rings is 1. The van der Waals surface area contributed by atoms with Gasteiger partial charge < -0.3 is 15.1 Å². The van der Waals surface area contributed by atoms with Gasteiger partial charge in [0, 0.05) is 39.3 Å². The SMILES string of the molecule is CC1CCN(CCNC(=O)N2CCN(S(C)(=O)=O)CC2)CC1. The van der Waals surface area contributed by atoms with Gasteiger partial charge in [-0.3, -0.25) is 0 Å². The predicted molar refractivity (Wildman–Crippen MR) is 86.2 cm³/mol. The van der Waals surface area contributed by atoms with Gasteiger partial charge in [0.15, 0.2) is 0 Å². The molecule has 0 bridgehead atoms. The van der Waals surface area contributed by atoms with Crippen molar-refractivity contribution >= 4 is 16.1 Å². The topological polar surface area (TPSA) is 73.0 Å². The highest BCUT2D eigenvalue weighted by Crippen LogP contribution is 2.15. The molecular weight excluding hydrogens is 304 g/mol. The van der Waals surface area contributed by atoms with Crippen LogP contribution < -0.4 is 5.32 Å². The van der Waals surface area contributed by atoms with Crippen LogP contribution in [0.1, 0.15) is 19.8 Å². The summed E-state index contributed by atoms with van der Waals surface area (Å²) in [6, 6.07) is -0.0847. The number of carbonyl (C=O) groups excluding carboxylic acids is 1. The van der Waals surface area contributed by atoms with Gasteiger partial charge in [0.2, 0.25) is 10.0 Å². The molecule has 2 saturated heterocycles. The molecule has 0 atom stereocenters. The first-order chi connectivity index (χ1) is 10.4. The fourth-order valence-corrected chi connectivity index (χ4v) is 3.77. The Bertz CT molecular complexity index is 466. The number of carbonyl (C=O) groups is 1. The molecule has 0 aromatic rings. The second-order valence-electron chi connectivity index (χ2n) is 6.41. The van der Waals surface area contributed by atoms with Gasteiger partial charge in [-0.25, -0.2) is 13.2 Å². The van der Waals surface area contributed by atoms with E-state index in [9.17, 15) is 13.2 Å². The van der Waals surface area contributed by atoms with Crippen molar-refractivity contribution in [3.8, 4) is 0 Å². The number of nitrogens with zero attached hydrogens (tertiary/aromatic N) is 3. The highest BCUT2D eigenvalue weighted by atomic mass is 32.2. The molecule has 0 aliphatic carbocycles. The molecule has 7 nitrogen and oxygen atoms in total. The van der Waals surface area contributed by atoms with Crippen LogP contribution in [0.2, 0.25) is 0 Å². The second-order valence-corrected chi connectivity index (χ2v) is 8.39. The summed E-state index contributed by atoms with van der Waals surface area (Å²) in [7, 11) is -3.14. The molecule has 8 heteroatoms. The summed E-state index contributed by atoms with van der Waals surface area (Å²) >= 11 is 0. The third-order valence-corrected chi connectivity index (χ3v) is 5.88. The molecule has 0 unspecified atom stereocenters. The van der Waals surface area contributed by atoms with E-state index in [4.69, 9.17) is 0 Å². The quantitative estimate of drug-likeness (QED) is 0.787. The van der Waals surface area contributed by atoms with E-state index >= 15 is 0 Å². The van der Waals surface area contributed by atoms with Crippen molar-refractivity contribution in [1.82, 2.24) is 19.4 Å². The Morgan fingerprint density at radius 1 is 1.09 bits per heavy atom. The molecule has 0 aromatic carbocycles. The van der Waals surface area contributed by atoms with Crippen LogP contribution >= 0.6 is 0 Å².